The second kappa shape index (κ2) is 11.3. The van der Waals surface area contributed by atoms with Crippen LogP contribution in [0.5, 0.6) is 0 Å². The van der Waals surface area contributed by atoms with Gasteiger partial charge in [0.15, 0.2) is 0 Å². The molecule has 2 aliphatic rings. The number of likely N-dealkylation sites (tertiary alicyclic amines) is 1. The van der Waals surface area contributed by atoms with E-state index >= 15 is 0 Å². The van der Waals surface area contributed by atoms with E-state index in [0.717, 1.165) is 50.1 Å². The molecule has 1 aromatic carbocycles. The topological polar surface area (TPSA) is 49.9 Å². The summed E-state index contributed by atoms with van der Waals surface area (Å²) in [5, 5.41) is 0. The molecule has 0 N–H and O–H groups in total. The predicted molar refractivity (Wildman–Crippen MR) is 118 cm³/mol. The number of hydrogen-bond acceptors (Lipinski definition) is 4. The molecule has 0 spiro atoms. The molecule has 0 aromatic heterocycles. The fourth-order valence-electron chi connectivity index (χ4n) is 4.40. The molecule has 1 aromatic rings. The summed E-state index contributed by atoms with van der Waals surface area (Å²) in [5.41, 5.74) is -0.854. The molecule has 0 atom stereocenters. The van der Waals surface area contributed by atoms with Crippen molar-refractivity contribution in [3.63, 3.8) is 0 Å². The normalized spacial score (nSPS) is 22.8. The van der Waals surface area contributed by atoms with Crippen molar-refractivity contribution in [1.29, 1.82) is 0 Å². The van der Waals surface area contributed by atoms with Crippen molar-refractivity contribution in [3.05, 3.63) is 29.8 Å². The summed E-state index contributed by atoms with van der Waals surface area (Å²) in [6.45, 7) is 4.48. The van der Waals surface area contributed by atoms with Gasteiger partial charge in [-0.3, -0.25) is 0 Å². The number of rotatable bonds is 11. The first kappa shape index (κ1) is 25.5. The molecule has 1 saturated heterocycles. The highest BCUT2D eigenvalue weighted by atomic mass is 32.2. The molecule has 0 radical (unpaired) electrons. The molecule has 1 aliphatic heterocycles. The Morgan fingerprint density at radius 3 is 2.19 bits per heavy atom. The zero-order valence-corrected chi connectivity index (χ0v) is 19.6. The van der Waals surface area contributed by atoms with Gasteiger partial charge in [-0.25, -0.2) is 8.42 Å². The van der Waals surface area contributed by atoms with E-state index in [4.69, 9.17) is 4.74 Å². The smallest absolute Gasteiger partial charge is 0.378 e. The lowest BCUT2D eigenvalue weighted by molar-refractivity contribution is -0.137. The summed E-state index contributed by atoms with van der Waals surface area (Å²) in [5.74, 6) is 0. The second-order valence-corrected chi connectivity index (χ2v) is 11.0. The Labute approximate surface area is 190 Å². The molecule has 1 heterocycles. The minimum Gasteiger partial charge on any atom is -0.378 e. The second-order valence-electron chi connectivity index (χ2n) is 8.95. The van der Waals surface area contributed by atoms with Crippen molar-refractivity contribution >= 4 is 10.0 Å². The van der Waals surface area contributed by atoms with Crippen molar-refractivity contribution in [2.45, 2.75) is 81.0 Å². The van der Waals surface area contributed by atoms with Crippen molar-refractivity contribution < 1.29 is 26.3 Å². The number of benzene rings is 1. The number of hydrogen-bond donors (Lipinski definition) is 0. The Bertz CT molecular complexity index is 803. The number of nitrogens with zero attached hydrogens (tertiary/aromatic N) is 2. The van der Waals surface area contributed by atoms with E-state index in [1.54, 1.807) is 0 Å². The van der Waals surface area contributed by atoms with Crippen LogP contribution in [0.1, 0.15) is 63.4 Å². The Morgan fingerprint density at radius 1 is 1.00 bits per heavy atom. The van der Waals surface area contributed by atoms with Crippen molar-refractivity contribution in [2.75, 3.05) is 33.3 Å². The van der Waals surface area contributed by atoms with Gasteiger partial charge >= 0.3 is 6.18 Å². The van der Waals surface area contributed by atoms with Gasteiger partial charge < -0.3 is 9.64 Å². The van der Waals surface area contributed by atoms with Crippen LogP contribution in [0, 0.1) is 0 Å². The Hall–Kier alpha value is -1.16. The summed E-state index contributed by atoms with van der Waals surface area (Å²) in [7, 11) is -2.32. The van der Waals surface area contributed by atoms with Gasteiger partial charge in [0.25, 0.3) is 0 Å². The summed E-state index contributed by atoms with van der Waals surface area (Å²) in [4.78, 5) is 2.38. The van der Waals surface area contributed by atoms with E-state index in [1.165, 1.54) is 56.7 Å². The first-order valence-electron chi connectivity index (χ1n) is 11.7. The van der Waals surface area contributed by atoms with Crippen molar-refractivity contribution in [3.8, 4) is 0 Å². The van der Waals surface area contributed by atoms with Crippen LogP contribution in [-0.2, 0) is 20.9 Å². The largest absolute Gasteiger partial charge is 0.416 e. The predicted octanol–water partition coefficient (Wildman–Crippen LogP) is 4.92. The van der Waals surface area contributed by atoms with Gasteiger partial charge in [0.2, 0.25) is 10.0 Å². The summed E-state index contributed by atoms with van der Waals surface area (Å²) in [6, 6.07) is 3.54. The van der Waals surface area contributed by atoms with E-state index < -0.39 is 21.8 Å². The van der Waals surface area contributed by atoms with E-state index in [9.17, 15) is 21.6 Å². The molecule has 9 heteroatoms. The third kappa shape index (κ3) is 6.92. The molecule has 0 amide bonds. The SMILES string of the molecule is CN(C1CCC(OCCCCCCN2CCC2)CC1)S(=O)(=O)c1ccc(C(F)(F)F)cc1. The van der Waals surface area contributed by atoms with Gasteiger partial charge in [-0.15, -0.1) is 0 Å². The number of alkyl halides is 3. The Kier molecular flexibility index (Phi) is 9.00. The maximum absolute atomic E-state index is 12.8. The Balaban J connectivity index is 1.36. The maximum Gasteiger partial charge on any atom is 0.416 e. The number of unbranched alkanes of at least 4 members (excludes halogenated alkanes) is 3. The van der Waals surface area contributed by atoms with Crippen LogP contribution in [-0.4, -0.2) is 63.1 Å². The molecule has 32 heavy (non-hydrogen) atoms. The molecule has 0 bridgehead atoms. The lowest BCUT2D eigenvalue weighted by Crippen LogP contribution is -2.40. The van der Waals surface area contributed by atoms with E-state index in [2.05, 4.69) is 4.90 Å². The first-order chi connectivity index (χ1) is 15.2. The third-order valence-corrected chi connectivity index (χ3v) is 8.61. The zero-order valence-electron chi connectivity index (χ0n) is 18.8. The lowest BCUT2D eigenvalue weighted by atomic mass is 9.93. The zero-order chi connectivity index (χ0) is 23.2. The minimum absolute atomic E-state index is 0.111. The molecule has 5 nitrogen and oxygen atoms in total. The van der Waals surface area contributed by atoms with Gasteiger partial charge in [0.05, 0.1) is 16.6 Å². The molecular formula is C23H35F3N2O3S. The van der Waals surface area contributed by atoms with E-state index in [0.29, 0.717) is 12.8 Å². The van der Waals surface area contributed by atoms with Crippen LogP contribution >= 0.6 is 0 Å². The highest BCUT2D eigenvalue weighted by Gasteiger charge is 2.34. The van der Waals surface area contributed by atoms with E-state index in [-0.39, 0.29) is 17.0 Å². The van der Waals surface area contributed by atoms with Gasteiger partial charge in [0.1, 0.15) is 0 Å². The van der Waals surface area contributed by atoms with Crippen molar-refractivity contribution in [1.82, 2.24) is 9.21 Å². The monoisotopic (exact) mass is 476 g/mol. The average Bonchev–Trinajstić information content (AvgIpc) is 2.73. The number of halogens is 3. The van der Waals surface area contributed by atoms with Crippen LogP contribution < -0.4 is 0 Å². The number of ether oxygens (including phenoxy) is 1. The summed E-state index contributed by atoms with van der Waals surface area (Å²) < 4.78 is 71.2. The molecule has 182 valence electrons. The molecule has 3 rings (SSSR count). The Morgan fingerprint density at radius 2 is 1.62 bits per heavy atom. The third-order valence-electron chi connectivity index (χ3n) is 6.69. The van der Waals surface area contributed by atoms with Crippen LogP contribution in [0.2, 0.25) is 0 Å². The van der Waals surface area contributed by atoms with Gasteiger partial charge in [-0.2, -0.15) is 17.5 Å². The fourth-order valence-corrected chi connectivity index (χ4v) is 5.82. The van der Waals surface area contributed by atoms with Gasteiger partial charge in [-0.1, -0.05) is 12.8 Å². The molecular weight excluding hydrogens is 441 g/mol. The van der Waals surface area contributed by atoms with Crippen molar-refractivity contribution in [2.24, 2.45) is 0 Å². The quantitative estimate of drug-likeness (QED) is 0.426. The van der Waals surface area contributed by atoms with Crippen LogP contribution in [0.15, 0.2) is 29.2 Å². The van der Waals surface area contributed by atoms with Crippen LogP contribution in [0.4, 0.5) is 13.2 Å². The highest BCUT2D eigenvalue weighted by molar-refractivity contribution is 7.89. The fraction of sp³-hybridized carbons (Fsp3) is 0.739. The highest BCUT2D eigenvalue weighted by Crippen LogP contribution is 2.32. The molecule has 0 unspecified atom stereocenters. The van der Waals surface area contributed by atoms with Crippen LogP contribution in [0.3, 0.4) is 0 Å². The summed E-state index contributed by atoms with van der Waals surface area (Å²) in [6.07, 6.45) is 4.72. The van der Waals surface area contributed by atoms with E-state index in [1.807, 2.05) is 0 Å². The average molecular weight is 477 g/mol. The van der Waals surface area contributed by atoms with Gasteiger partial charge in [0, 0.05) is 19.7 Å². The molecule has 1 saturated carbocycles. The standard InChI is InChI=1S/C23H35F3N2O3S/c1-27(32(29,30)22-13-7-19(8-14-22)23(24,25)26)20-9-11-21(12-10-20)31-18-5-3-2-4-15-28-16-6-17-28/h7-8,13-14,20-21H,2-6,9-12,15-18H2,1H3. The molecule has 1 aliphatic carbocycles. The summed E-state index contributed by atoms with van der Waals surface area (Å²) >= 11 is 0. The molecule has 2 fully saturated rings. The van der Waals surface area contributed by atoms with Gasteiger partial charge in [-0.05, 0) is 88.8 Å². The lowest BCUT2D eigenvalue weighted by Gasteiger charge is -2.34. The first-order valence-corrected chi connectivity index (χ1v) is 13.1. The number of sulfonamides is 1. The minimum atomic E-state index is -4.49. The van der Waals surface area contributed by atoms with Crippen LogP contribution in [0.25, 0.3) is 0 Å². The maximum atomic E-state index is 12.8.